The summed E-state index contributed by atoms with van der Waals surface area (Å²) in [6, 6.07) is 14.3. The fourth-order valence-electron chi connectivity index (χ4n) is 4.09. The summed E-state index contributed by atoms with van der Waals surface area (Å²) in [4.78, 5) is 18.8. The zero-order valence-electron chi connectivity index (χ0n) is 18.3. The van der Waals surface area contributed by atoms with Gasteiger partial charge in [0.2, 0.25) is 0 Å². The molecule has 6 heteroatoms. The van der Waals surface area contributed by atoms with Crippen molar-refractivity contribution in [2.45, 2.75) is 51.7 Å². The summed E-state index contributed by atoms with van der Waals surface area (Å²) in [6.07, 6.45) is 7.07. The predicted molar refractivity (Wildman–Crippen MR) is 124 cm³/mol. The molecule has 0 radical (unpaired) electrons. The standard InChI is InChI=1S/C24H35N5O/c1-3-22-8-4-6-15-28(22)17-14-26-24(25-2)27-18-20-10-12-21(13-11-20)19-29-16-7-5-9-23(29)30/h5,7,9-13,16,22H,3-4,6,8,14-15,17-19H2,1-2H3,(H2,25,26,27). The Morgan fingerprint density at radius 1 is 1.10 bits per heavy atom. The number of hydrogen-bond donors (Lipinski definition) is 2. The van der Waals surface area contributed by atoms with Crippen molar-refractivity contribution in [3.05, 3.63) is 70.1 Å². The van der Waals surface area contributed by atoms with E-state index in [1.165, 1.54) is 37.8 Å². The van der Waals surface area contributed by atoms with Crippen molar-refractivity contribution in [2.75, 3.05) is 26.7 Å². The first-order valence-corrected chi connectivity index (χ1v) is 11.1. The second-order valence-electron chi connectivity index (χ2n) is 7.93. The molecule has 6 nitrogen and oxygen atoms in total. The van der Waals surface area contributed by atoms with E-state index in [0.717, 1.165) is 30.7 Å². The highest BCUT2D eigenvalue weighted by atomic mass is 16.1. The van der Waals surface area contributed by atoms with Gasteiger partial charge < -0.3 is 15.2 Å². The van der Waals surface area contributed by atoms with Gasteiger partial charge in [0.05, 0.1) is 6.54 Å². The van der Waals surface area contributed by atoms with E-state index in [1.54, 1.807) is 16.7 Å². The Morgan fingerprint density at radius 2 is 1.90 bits per heavy atom. The van der Waals surface area contributed by atoms with Crippen molar-refractivity contribution in [1.29, 1.82) is 0 Å². The van der Waals surface area contributed by atoms with E-state index >= 15 is 0 Å². The monoisotopic (exact) mass is 409 g/mol. The fraction of sp³-hybridized carbons (Fsp3) is 0.500. The average molecular weight is 410 g/mol. The van der Waals surface area contributed by atoms with Crippen molar-refractivity contribution >= 4 is 5.96 Å². The van der Waals surface area contributed by atoms with Gasteiger partial charge in [0.15, 0.2) is 5.96 Å². The van der Waals surface area contributed by atoms with Crippen molar-refractivity contribution in [2.24, 2.45) is 4.99 Å². The van der Waals surface area contributed by atoms with Crippen LogP contribution in [0.4, 0.5) is 0 Å². The summed E-state index contributed by atoms with van der Waals surface area (Å²) >= 11 is 0. The van der Waals surface area contributed by atoms with Gasteiger partial charge in [-0.2, -0.15) is 0 Å². The maximum atomic E-state index is 11.9. The van der Waals surface area contributed by atoms with E-state index in [2.05, 4.69) is 51.7 Å². The van der Waals surface area contributed by atoms with Crippen LogP contribution in [0.1, 0.15) is 43.7 Å². The topological polar surface area (TPSA) is 61.7 Å². The van der Waals surface area contributed by atoms with Crippen molar-refractivity contribution in [3.63, 3.8) is 0 Å². The number of benzene rings is 1. The molecule has 162 valence electrons. The average Bonchev–Trinajstić information content (AvgIpc) is 2.79. The van der Waals surface area contributed by atoms with Gasteiger partial charge in [-0.15, -0.1) is 0 Å². The maximum absolute atomic E-state index is 11.9. The fourth-order valence-corrected chi connectivity index (χ4v) is 4.09. The van der Waals surface area contributed by atoms with Crippen LogP contribution in [0.25, 0.3) is 0 Å². The van der Waals surface area contributed by atoms with Crippen LogP contribution in [0, 0.1) is 0 Å². The summed E-state index contributed by atoms with van der Waals surface area (Å²) in [5.41, 5.74) is 2.32. The Morgan fingerprint density at radius 3 is 2.63 bits per heavy atom. The molecule has 2 heterocycles. The Kier molecular flexibility index (Phi) is 8.51. The third kappa shape index (κ3) is 6.46. The number of rotatable bonds is 8. The minimum Gasteiger partial charge on any atom is -0.355 e. The minimum absolute atomic E-state index is 0.0212. The molecule has 1 aliphatic rings. The van der Waals surface area contributed by atoms with Crippen LogP contribution in [-0.4, -0.2) is 48.2 Å². The third-order valence-electron chi connectivity index (χ3n) is 5.87. The van der Waals surface area contributed by atoms with Crippen LogP contribution in [0.15, 0.2) is 58.4 Å². The highest BCUT2D eigenvalue weighted by Gasteiger charge is 2.19. The minimum atomic E-state index is 0.0212. The Hall–Kier alpha value is -2.60. The largest absolute Gasteiger partial charge is 0.355 e. The molecule has 1 atom stereocenters. The van der Waals surface area contributed by atoms with Gasteiger partial charge in [-0.25, -0.2) is 0 Å². The molecule has 2 aromatic rings. The number of aromatic nitrogens is 1. The molecule has 3 rings (SSSR count). The van der Waals surface area contributed by atoms with Gasteiger partial charge in [0.25, 0.3) is 5.56 Å². The second-order valence-corrected chi connectivity index (χ2v) is 7.93. The maximum Gasteiger partial charge on any atom is 0.250 e. The highest BCUT2D eigenvalue weighted by molar-refractivity contribution is 5.79. The number of aliphatic imine (C=N–C) groups is 1. The molecule has 0 aliphatic carbocycles. The van der Waals surface area contributed by atoms with E-state index < -0.39 is 0 Å². The molecule has 0 spiro atoms. The molecule has 1 aromatic carbocycles. The predicted octanol–water partition coefficient (Wildman–Crippen LogP) is 2.83. The smallest absolute Gasteiger partial charge is 0.250 e. The van der Waals surface area contributed by atoms with E-state index in [-0.39, 0.29) is 5.56 Å². The Balaban J connectivity index is 1.43. The SMILES string of the molecule is CCC1CCCCN1CCNC(=NC)NCc1ccc(Cn2ccccc2=O)cc1. The first kappa shape index (κ1) is 22.1. The summed E-state index contributed by atoms with van der Waals surface area (Å²) in [6.45, 7) is 6.78. The quantitative estimate of drug-likeness (QED) is 0.520. The van der Waals surface area contributed by atoms with E-state index in [0.29, 0.717) is 13.1 Å². The van der Waals surface area contributed by atoms with Gasteiger partial charge >= 0.3 is 0 Å². The molecule has 0 saturated carbocycles. The molecular formula is C24H35N5O. The first-order chi connectivity index (χ1) is 14.7. The molecule has 1 aliphatic heterocycles. The lowest BCUT2D eigenvalue weighted by atomic mass is 10.0. The summed E-state index contributed by atoms with van der Waals surface area (Å²) in [5.74, 6) is 0.833. The van der Waals surface area contributed by atoms with Crippen LogP contribution in [0.2, 0.25) is 0 Å². The molecule has 2 N–H and O–H groups in total. The van der Waals surface area contributed by atoms with E-state index in [9.17, 15) is 4.79 Å². The second kappa shape index (κ2) is 11.6. The molecule has 0 bridgehead atoms. The van der Waals surface area contributed by atoms with Gasteiger partial charge in [-0.05, 0) is 43.0 Å². The summed E-state index contributed by atoms with van der Waals surface area (Å²) < 4.78 is 1.71. The van der Waals surface area contributed by atoms with Gasteiger partial charge in [-0.3, -0.25) is 14.7 Å². The lowest BCUT2D eigenvalue weighted by molar-refractivity contribution is 0.147. The van der Waals surface area contributed by atoms with E-state index in [4.69, 9.17) is 0 Å². The summed E-state index contributed by atoms with van der Waals surface area (Å²) in [5, 5.41) is 6.83. The Bertz CT molecular complexity index is 858. The molecule has 1 fully saturated rings. The van der Waals surface area contributed by atoms with Crippen molar-refractivity contribution < 1.29 is 0 Å². The van der Waals surface area contributed by atoms with Crippen LogP contribution in [0.3, 0.4) is 0 Å². The van der Waals surface area contributed by atoms with Gasteiger partial charge in [0, 0.05) is 45.0 Å². The number of nitrogens with one attached hydrogen (secondary N) is 2. The third-order valence-corrected chi connectivity index (χ3v) is 5.87. The van der Waals surface area contributed by atoms with Crippen molar-refractivity contribution in [1.82, 2.24) is 20.1 Å². The molecule has 1 unspecified atom stereocenters. The number of likely N-dealkylation sites (tertiary alicyclic amines) is 1. The van der Waals surface area contributed by atoms with E-state index in [1.807, 2.05) is 19.3 Å². The lowest BCUT2D eigenvalue weighted by Crippen LogP contribution is -2.45. The van der Waals surface area contributed by atoms with Crippen LogP contribution in [0.5, 0.6) is 0 Å². The van der Waals surface area contributed by atoms with Crippen LogP contribution in [-0.2, 0) is 13.1 Å². The number of hydrogen-bond acceptors (Lipinski definition) is 3. The molecular weight excluding hydrogens is 374 g/mol. The van der Waals surface area contributed by atoms with Crippen LogP contribution < -0.4 is 16.2 Å². The Labute approximate surface area is 180 Å². The lowest BCUT2D eigenvalue weighted by Gasteiger charge is -2.35. The van der Waals surface area contributed by atoms with Crippen LogP contribution >= 0.6 is 0 Å². The number of nitrogens with zero attached hydrogens (tertiary/aromatic N) is 3. The first-order valence-electron chi connectivity index (χ1n) is 11.1. The molecule has 1 saturated heterocycles. The number of piperidine rings is 1. The highest BCUT2D eigenvalue weighted by Crippen LogP contribution is 2.18. The molecule has 0 amide bonds. The van der Waals surface area contributed by atoms with Crippen molar-refractivity contribution in [3.8, 4) is 0 Å². The molecule has 1 aromatic heterocycles. The molecule has 30 heavy (non-hydrogen) atoms. The normalized spacial score (nSPS) is 17.7. The zero-order valence-corrected chi connectivity index (χ0v) is 18.3. The van der Waals surface area contributed by atoms with Gasteiger partial charge in [0.1, 0.15) is 0 Å². The van der Waals surface area contributed by atoms with Gasteiger partial charge in [-0.1, -0.05) is 43.7 Å². The zero-order chi connectivity index (χ0) is 21.2. The number of pyridine rings is 1. The summed E-state index contributed by atoms with van der Waals surface area (Å²) in [7, 11) is 1.81. The number of guanidine groups is 1.